The molecule has 0 atom stereocenters. The SMILES string of the molecule is CC.COc1cc(C)c(F)cc1Br. The molecule has 0 N–H and O–H groups in total. The summed E-state index contributed by atoms with van der Waals surface area (Å²) in [7, 11) is 1.55. The van der Waals surface area contributed by atoms with Gasteiger partial charge in [-0.25, -0.2) is 4.39 Å². The Balaban J connectivity index is 0.000000671. The van der Waals surface area contributed by atoms with Gasteiger partial charge in [0.1, 0.15) is 11.6 Å². The van der Waals surface area contributed by atoms with Gasteiger partial charge in [0.2, 0.25) is 0 Å². The lowest BCUT2D eigenvalue weighted by Gasteiger charge is -2.04. The second-order valence-corrected chi connectivity index (χ2v) is 3.09. The van der Waals surface area contributed by atoms with Crippen molar-refractivity contribution in [1.29, 1.82) is 0 Å². The number of benzene rings is 1. The zero-order valence-electron chi connectivity index (χ0n) is 8.32. The number of halogens is 2. The molecule has 0 saturated carbocycles. The van der Waals surface area contributed by atoms with Crippen LogP contribution in [0.1, 0.15) is 19.4 Å². The third-order valence-electron chi connectivity index (χ3n) is 1.43. The smallest absolute Gasteiger partial charge is 0.133 e. The molecule has 1 aromatic rings. The van der Waals surface area contributed by atoms with E-state index >= 15 is 0 Å². The summed E-state index contributed by atoms with van der Waals surface area (Å²) in [6.07, 6.45) is 0. The minimum atomic E-state index is -0.224. The van der Waals surface area contributed by atoms with Crippen molar-refractivity contribution < 1.29 is 9.13 Å². The summed E-state index contributed by atoms with van der Waals surface area (Å²) in [5.74, 6) is 0.432. The van der Waals surface area contributed by atoms with Crippen molar-refractivity contribution in [3.05, 3.63) is 28.0 Å². The van der Waals surface area contributed by atoms with Crippen LogP contribution in [0.4, 0.5) is 4.39 Å². The first kappa shape index (κ1) is 12.4. The molecule has 0 fully saturated rings. The molecule has 0 radical (unpaired) electrons. The average molecular weight is 249 g/mol. The molecule has 0 saturated heterocycles. The molecule has 0 heterocycles. The van der Waals surface area contributed by atoms with E-state index in [4.69, 9.17) is 4.74 Å². The van der Waals surface area contributed by atoms with Crippen molar-refractivity contribution in [1.82, 2.24) is 0 Å². The van der Waals surface area contributed by atoms with E-state index in [-0.39, 0.29) is 5.82 Å². The van der Waals surface area contributed by atoms with E-state index in [1.165, 1.54) is 6.07 Å². The monoisotopic (exact) mass is 248 g/mol. The van der Waals surface area contributed by atoms with Crippen LogP contribution in [0.15, 0.2) is 16.6 Å². The number of hydrogen-bond acceptors (Lipinski definition) is 1. The first-order valence-corrected chi connectivity index (χ1v) is 4.94. The number of ether oxygens (including phenoxy) is 1. The van der Waals surface area contributed by atoms with Gasteiger partial charge >= 0.3 is 0 Å². The number of hydrogen-bond donors (Lipinski definition) is 0. The Kier molecular flexibility index (Phi) is 5.71. The molecular formula is C10H14BrFO. The van der Waals surface area contributed by atoms with Crippen LogP contribution >= 0.6 is 15.9 Å². The topological polar surface area (TPSA) is 9.23 Å². The van der Waals surface area contributed by atoms with Crippen LogP contribution in [0.5, 0.6) is 5.75 Å². The second-order valence-electron chi connectivity index (χ2n) is 2.24. The number of aryl methyl sites for hydroxylation is 1. The van der Waals surface area contributed by atoms with Gasteiger partial charge in [0, 0.05) is 0 Å². The van der Waals surface area contributed by atoms with Crippen LogP contribution in [0.3, 0.4) is 0 Å². The molecule has 0 aliphatic heterocycles. The standard InChI is InChI=1S/C8H8BrFO.C2H6/c1-5-3-8(11-2)6(9)4-7(5)10;1-2/h3-4H,1-2H3;1-2H3. The Labute approximate surface area is 87.0 Å². The van der Waals surface area contributed by atoms with Crippen LogP contribution in [-0.4, -0.2) is 7.11 Å². The maximum Gasteiger partial charge on any atom is 0.133 e. The quantitative estimate of drug-likeness (QED) is 0.732. The van der Waals surface area contributed by atoms with E-state index in [0.29, 0.717) is 15.8 Å². The van der Waals surface area contributed by atoms with Gasteiger partial charge in [-0.05, 0) is 40.5 Å². The predicted molar refractivity (Wildman–Crippen MR) is 56.7 cm³/mol. The lowest BCUT2D eigenvalue weighted by Crippen LogP contribution is -1.88. The average Bonchev–Trinajstić information content (AvgIpc) is 2.15. The highest BCUT2D eigenvalue weighted by molar-refractivity contribution is 9.10. The van der Waals surface area contributed by atoms with Crippen molar-refractivity contribution in [2.45, 2.75) is 20.8 Å². The maximum absolute atomic E-state index is 12.8. The summed E-state index contributed by atoms with van der Waals surface area (Å²) in [5, 5.41) is 0. The highest BCUT2D eigenvalue weighted by atomic mass is 79.9. The maximum atomic E-state index is 12.8. The summed E-state index contributed by atoms with van der Waals surface area (Å²) in [6, 6.07) is 3.05. The second kappa shape index (κ2) is 5.97. The number of rotatable bonds is 1. The molecule has 0 amide bonds. The van der Waals surface area contributed by atoms with Crippen LogP contribution in [0.25, 0.3) is 0 Å². The van der Waals surface area contributed by atoms with Gasteiger partial charge < -0.3 is 4.74 Å². The highest BCUT2D eigenvalue weighted by Gasteiger charge is 2.03. The molecule has 0 unspecified atom stereocenters. The van der Waals surface area contributed by atoms with Crippen LogP contribution in [-0.2, 0) is 0 Å². The van der Waals surface area contributed by atoms with Gasteiger partial charge in [0.15, 0.2) is 0 Å². The van der Waals surface area contributed by atoms with Gasteiger partial charge in [-0.2, -0.15) is 0 Å². The first-order chi connectivity index (χ1) is 6.15. The van der Waals surface area contributed by atoms with Gasteiger partial charge in [-0.3, -0.25) is 0 Å². The molecule has 1 rings (SSSR count). The van der Waals surface area contributed by atoms with E-state index < -0.39 is 0 Å². The fraction of sp³-hybridized carbons (Fsp3) is 0.400. The van der Waals surface area contributed by atoms with E-state index in [1.807, 2.05) is 13.8 Å². The largest absolute Gasteiger partial charge is 0.496 e. The van der Waals surface area contributed by atoms with E-state index in [9.17, 15) is 4.39 Å². The zero-order chi connectivity index (χ0) is 10.4. The highest BCUT2D eigenvalue weighted by Crippen LogP contribution is 2.27. The molecule has 1 nitrogen and oxygen atoms in total. The van der Waals surface area contributed by atoms with Crippen molar-refractivity contribution in [3.63, 3.8) is 0 Å². The van der Waals surface area contributed by atoms with Gasteiger partial charge in [-0.1, -0.05) is 13.8 Å². The van der Waals surface area contributed by atoms with Crippen molar-refractivity contribution in [3.8, 4) is 5.75 Å². The normalized spacial score (nSPS) is 8.77. The van der Waals surface area contributed by atoms with E-state index in [0.717, 1.165) is 0 Å². The molecular weight excluding hydrogens is 235 g/mol. The Bertz CT molecular complexity index is 274. The molecule has 0 bridgehead atoms. The summed E-state index contributed by atoms with van der Waals surface area (Å²) < 4.78 is 18.4. The summed E-state index contributed by atoms with van der Waals surface area (Å²) in [4.78, 5) is 0. The fourth-order valence-corrected chi connectivity index (χ4v) is 1.26. The van der Waals surface area contributed by atoms with Crippen molar-refractivity contribution in [2.24, 2.45) is 0 Å². The van der Waals surface area contributed by atoms with Gasteiger partial charge in [0.05, 0.1) is 11.6 Å². The van der Waals surface area contributed by atoms with E-state index in [1.54, 1.807) is 20.1 Å². The first-order valence-electron chi connectivity index (χ1n) is 4.15. The van der Waals surface area contributed by atoms with Gasteiger partial charge in [0.25, 0.3) is 0 Å². The van der Waals surface area contributed by atoms with Gasteiger partial charge in [-0.15, -0.1) is 0 Å². The summed E-state index contributed by atoms with van der Waals surface area (Å²) >= 11 is 3.18. The third-order valence-corrected chi connectivity index (χ3v) is 2.05. The predicted octanol–water partition coefficient (Wildman–Crippen LogP) is 3.93. The lowest BCUT2D eigenvalue weighted by molar-refractivity contribution is 0.410. The minimum Gasteiger partial charge on any atom is -0.496 e. The molecule has 74 valence electrons. The number of methoxy groups -OCH3 is 1. The lowest BCUT2D eigenvalue weighted by atomic mass is 10.2. The molecule has 0 spiro atoms. The van der Waals surface area contributed by atoms with Crippen molar-refractivity contribution in [2.75, 3.05) is 7.11 Å². The Morgan fingerprint density at radius 1 is 1.31 bits per heavy atom. The van der Waals surface area contributed by atoms with E-state index in [2.05, 4.69) is 15.9 Å². The Morgan fingerprint density at radius 3 is 2.31 bits per heavy atom. The molecule has 13 heavy (non-hydrogen) atoms. The van der Waals surface area contributed by atoms with Crippen molar-refractivity contribution >= 4 is 15.9 Å². The molecule has 0 aliphatic rings. The molecule has 0 aromatic heterocycles. The summed E-state index contributed by atoms with van der Waals surface area (Å²) in [6.45, 7) is 5.70. The van der Waals surface area contributed by atoms with Crippen LogP contribution in [0, 0.1) is 12.7 Å². The van der Waals surface area contributed by atoms with Crippen LogP contribution < -0.4 is 4.74 Å². The molecule has 1 aromatic carbocycles. The summed E-state index contributed by atoms with van der Waals surface area (Å²) in [5.41, 5.74) is 0.588. The minimum absolute atomic E-state index is 0.224. The Hall–Kier alpha value is -0.570. The Morgan fingerprint density at radius 2 is 1.85 bits per heavy atom. The molecule has 3 heteroatoms. The fourth-order valence-electron chi connectivity index (χ4n) is 0.787. The van der Waals surface area contributed by atoms with Crippen LogP contribution in [0.2, 0.25) is 0 Å². The third kappa shape index (κ3) is 3.35. The zero-order valence-corrected chi connectivity index (χ0v) is 9.90. The molecule has 0 aliphatic carbocycles.